The van der Waals surface area contributed by atoms with E-state index in [2.05, 4.69) is 34.3 Å². The monoisotopic (exact) mass is 505 g/mol. The van der Waals surface area contributed by atoms with Crippen LogP contribution in [0.1, 0.15) is 13.8 Å². The number of rotatable bonds is 10. The van der Waals surface area contributed by atoms with Crippen molar-refractivity contribution < 1.29 is 13.9 Å². The highest BCUT2D eigenvalue weighted by atomic mass is 32.2. The fourth-order valence-corrected chi connectivity index (χ4v) is 4.57. The molecule has 7 nitrogen and oxygen atoms in total. The molecule has 0 aliphatic carbocycles. The first-order valence-corrected chi connectivity index (χ1v) is 12.6. The van der Waals surface area contributed by atoms with E-state index in [0.717, 1.165) is 30.2 Å². The summed E-state index contributed by atoms with van der Waals surface area (Å²) in [5.74, 6) is 0.589. The maximum atomic E-state index is 14.6. The van der Waals surface area contributed by atoms with Crippen molar-refractivity contribution in [1.82, 2.24) is 14.8 Å². The molecule has 1 heterocycles. The molecule has 1 amide bonds. The van der Waals surface area contributed by atoms with Gasteiger partial charge < -0.3 is 15.0 Å². The van der Waals surface area contributed by atoms with Crippen molar-refractivity contribution in [3.05, 3.63) is 78.6 Å². The minimum Gasteiger partial charge on any atom is -0.497 e. The van der Waals surface area contributed by atoms with Crippen LogP contribution in [0.3, 0.4) is 0 Å². The highest BCUT2D eigenvalue weighted by Crippen LogP contribution is 2.30. The van der Waals surface area contributed by atoms with E-state index < -0.39 is 5.82 Å². The lowest BCUT2D eigenvalue weighted by atomic mass is 10.2. The molecule has 1 aromatic heterocycles. The predicted molar refractivity (Wildman–Crippen MR) is 143 cm³/mol. The molecule has 0 radical (unpaired) electrons. The number of aromatic nitrogens is 3. The fraction of sp³-hybridized carbons (Fsp3) is 0.222. The number of hydrogen-bond donors (Lipinski definition) is 1. The topological polar surface area (TPSA) is 72.3 Å². The first-order valence-electron chi connectivity index (χ1n) is 11.7. The molecule has 0 atom stereocenters. The number of anilines is 2. The van der Waals surface area contributed by atoms with Gasteiger partial charge >= 0.3 is 0 Å². The van der Waals surface area contributed by atoms with Crippen LogP contribution >= 0.6 is 11.8 Å². The first kappa shape index (κ1) is 25.2. The third-order valence-electron chi connectivity index (χ3n) is 5.69. The second-order valence-electron chi connectivity index (χ2n) is 7.88. The SMILES string of the molecule is CCN(CC)c1ccc(NC(=O)CSc2nnc(-c3ccccc3F)n2-c2ccc(OC)cc2)cc1. The molecule has 36 heavy (non-hydrogen) atoms. The molecule has 1 N–H and O–H groups in total. The number of nitrogens with one attached hydrogen (secondary N) is 1. The minimum atomic E-state index is -0.401. The Bertz CT molecular complexity index is 1300. The molecule has 0 saturated carbocycles. The Morgan fingerprint density at radius 1 is 1.00 bits per heavy atom. The van der Waals surface area contributed by atoms with Gasteiger partial charge in [0.1, 0.15) is 11.6 Å². The van der Waals surface area contributed by atoms with Crippen molar-refractivity contribution >= 4 is 29.0 Å². The molecule has 3 aromatic carbocycles. The van der Waals surface area contributed by atoms with Crippen LogP contribution in [0, 0.1) is 5.82 Å². The van der Waals surface area contributed by atoms with Gasteiger partial charge in [-0.05, 0) is 74.5 Å². The minimum absolute atomic E-state index is 0.114. The molecule has 4 aromatic rings. The molecular formula is C27H28FN5O2S. The zero-order valence-corrected chi connectivity index (χ0v) is 21.3. The number of thioether (sulfide) groups is 1. The highest BCUT2D eigenvalue weighted by molar-refractivity contribution is 7.99. The summed E-state index contributed by atoms with van der Waals surface area (Å²) in [6, 6.07) is 21.5. The van der Waals surface area contributed by atoms with Gasteiger partial charge in [-0.15, -0.1) is 10.2 Å². The third-order valence-corrected chi connectivity index (χ3v) is 6.62. The van der Waals surface area contributed by atoms with Crippen molar-refractivity contribution in [2.45, 2.75) is 19.0 Å². The molecule has 0 bridgehead atoms. The Morgan fingerprint density at radius 2 is 1.69 bits per heavy atom. The summed E-state index contributed by atoms with van der Waals surface area (Å²) in [5, 5.41) is 11.9. The van der Waals surface area contributed by atoms with Gasteiger partial charge in [0.05, 0.1) is 24.1 Å². The van der Waals surface area contributed by atoms with E-state index in [4.69, 9.17) is 4.74 Å². The number of hydrogen-bond acceptors (Lipinski definition) is 6. The highest BCUT2D eigenvalue weighted by Gasteiger charge is 2.19. The normalized spacial score (nSPS) is 10.8. The summed E-state index contributed by atoms with van der Waals surface area (Å²) in [6.45, 7) is 6.06. The van der Waals surface area contributed by atoms with Crippen molar-refractivity contribution in [1.29, 1.82) is 0 Å². The Balaban J connectivity index is 1.53. The van der Waals surface area contributed by atoms with Gasteiger partial charge in [0.15, 0.2) is 11.0 Å². The molecule has 0 unspecified atom stereocenters. The number of amides is 1. The largest absolute Gasteiger partial charge is 0.497 e. The third kappa shape index (κ3) is 5.68. The van der Waals surface area contributed by atoms with E-state index >= 15 is 0 Å². The molecule has 0 spiro atoms. The van der Waals surface area contributed by atoms with Crippen molar-refractivity contribution in [3.8, 4) is 22.8 Å². The lowest BCUT2D eigenvalue weighted by Gasteiger charge is -2.21. The molecule has 0 fully saturated rings. The molecule has 0 aliphatic rings. The maximum Gasteiger partial charge on any atom is 0.234 e. The second-order valence-corrected chi connectivity index (χ2v) is 8.82. The zero-order valence-electron chi connectivity index (χ0n) is 20.4. The maximum absolute atomic E-state index is 14.6. The van der Waals surface area contributed by atoms with Crippen LogP contribution in [-0.2, 0) is 4.79 Å². The van der Waals surface area contributed by atoms with Crippen LogP contribution in [-0.4, -0.2) is 46.6 Å². The van der Waals surface area contributed by atoms with Crippen LogP contribution in [0.5, 0.6) is 5.75 Å². The number of ether oxygens (including phenoxy) is 1. The molecule has 186 valence electrons. The number of nitrogens with zero attached hydrogens (tertiary/aromatic N) is 4. The van der Waals surface area contributed by atoms with Gasteiger partial charge in [-0.1, -0.05) is 23.9 Å². The molecule has 0 aliphatic heterocycles. The van der Waals surface area contributed by atoms with Crippen molar-refractivity contribution in [2.24, 2.45) is 0 Å². The van der Waals surface area contributed by atoms with Crippen LogP contribution in [0.4, 0.5) is 15.8 Å². The van der Waals surface area contributed by atoms with Crippen LogP contribution in [0.25, 0.3) is 17.1 Å². The first-order chi connectivity index (χ1) is 17.5. The fourth-order valence-electron chi connectivity index (χ4n) is 3.82. The summed E-state index contributed by atoms with van der Waals surface area (Å²) in [5.41, 5.74) is 2.89. The molecule has 0 saturated heterocycles. The average Bonchev–Trinajstić information content (AvgIpc) is 3.33. The predicted octanol–water partition coefficient (Wildman–Crippen LogP) is 5.66. The standard InChI is InChI=1S/C27H28FN5O2S/c1-4-32(5-2)20-12-10-19(11-13-20)29-25(34)18-36-27-31-30-26(23-8-6-7-9-24(23)28)33(27)21-14-16-22(35-3)17-15-21/h6-17H,4-5,18H2,1-3H3,(H,29,34). The van der Waals surface area contributed by atoms with Crippen molar-refractivity contribution in [2.75, 3.05) is 36.2 Å². The van der Waals surface area contributed by atoms with Gasteiger partial charge in [-0.3, -0.25) is 9.36 Å². The Kier molecular flexibility index (Phi) is 8.22. The van der Waals surface area contributed by atoms with E-state index in [1.165, 1.54) is 17.8 Å². The Hall–Kier alpha value is -3.85. The number of benzene rings is 3. The summed E-state index contributed by atoms with van der Waals surface area (Å²) in [7, 11) is 1.59. The zero-order chi connectivity index (χ0) is 25.5. The van der Waals surface area contributed by atoms with Crippen LogP contribution < -0.4 is 15.0 Å². The van der Waals surface area contributed by atoms with E-state index in [0.29, 0.717) is 22.3 Å². The second kappa shape index (κ2) is 11.7. The number of carbonyl (C=O) groups is 1. The van der Waals surface area contributed by atoms with Crippen LogP contribution in [0.15, 0.2) is 78.0 Å². The van der Waals surface area contributed by atoms with E-state index in [1.807, 2.05) is 48.5 Å². The number of halogens is 1. The molecular weight excluding hydrogens is 477 g/mol. The molecule has 9 heteroatoms. The summed E-state index contributed by atoms with van der Waals surface area (Å²) >= 11 is 1.23. The van der Waals surface area contributed by atoms with Gasteiger partial charge in [-0.2, -0.15) is 0 Å². The van der Waals surface area contributed by atoms with Gasteiger partial charge in [0.2, 0.25) is 5.91 Å². The summed E-state index contributed by atoms with van der Waals surface area (Å²) in [6.07, 6.45) is 0. The van der Waals surface area contributed by atoms with E-state index in [-0.39, 0.29) is 11.7 Å². The Morgan fingerprint density at radius 3 is 2.33 bits per heavy atom. The number of methoxy groups -OCH3 is 1. The number of carbonyl (C=O) groups excluding carboxylic acids is 1. The van der Waals surface area contributed by atoms with Crippen molar-refractivity contribution in [3.63, 3.8) is 0 Å². The lowest BCUT2D eigenvalue weighted by Crippen LogP contribution is -2.21. The quantitative estimate of drug-likeness (QED) is 0.281. The van der Waals surface area contributed by atoms with E-state index in [9.17, 15) is 9.18 Å². The molecule has 4 rings (SSSR count). The summed E-state index contributed by atoms with van der Waals surface area (Å²) < 4.78 is 21.6. The van der Waals surface area contributed by atoms with Gasteiger partial charge in [0, 0.05) is 24.5 Å². The average molecular weight is 506 g/mol. The Labute approximate surface area is 214 Å². The van der Waals surface area contributed by atoms with E-state index in [1.54, 1.807) is 29.9 Å². The lowest BCUT2D eigenvalue weighted by molar-refractivity contribution is -0.113. The van der Waals surface area contributed by atoms with Crippen LogP contribution in [0.2, 0.25) is 0 Å². The smallest absolute Gasteiger partial charge is 0.234 e. The van der Waals surface area contributed by atoms with Gasteiger partial charge in [0.25, 0.3) is 0 Å². The van der Waals surface area contributed by atoms with Gasteiger partial charge in [-0.25, -0.2) is 4.39 Å². The summed E-state index contributed by atoms with van der Waals surface area (Å²) in [4.78, 5) is 14.9.